The molecule has 0 aliphatic carbocycles. The van der Waals surface area contributed by atoms with Gasteiger partial charge in [0.05, 0.1) is 24.4 Å². The van der Waals surface area contributed by atoms with Gasteiger partial charge < -0.3 is 24.1 Å². The van der Waals surface area contributed by atoms with Crippen molar-refractivity contribution in [2.45, 2.75) is 12.1 Å². The van der Waals surface area contributed by atoms with Crippen LogP contribution in [0.3, 0.4) is 0 Å². The summed E-state index contributed by atoms with van der Waals surface area (Å²) in [5, 5.41) is 3.94. The minimum atomic E-state index is -0.374. The van der Waals surface area contributed by atoms with Gasteiger partial charge in [-0.05, 0) is 103 Å². The van der Waals surface area contributed by atoms with Gasteiger partial charge >= 0.3 is 0 Å². The van der Waals surface area contributed by atoms with E-state index in [-0.39, 0.29) is 17.9 Å². The number of aromatic nitrogens is 1. The fraction of sp³-hybridized carbons (Fsp3) is 0.0968. The Morgan fingerprint density at radius 2 is 1.65 bits per heavy atom. The maximum Gasteiger partial charge on any atom is 0.174 e. The quantitative estimate of drug-likeness (QED) is 0.185. The lowest BCUT2D eigenvalue weighted by molar-refractivity contribution is 0.413. The van der Waals surface area contributed by atoms with Crippen LogP contribution in [0.4, 0.5) is 10.1 Å². The Morgan fingerprint density at radius 3 is 2.33 bits per heavy atom. The van der Waals surface area contributed by atoms with E-state index in [1.807, 2.05) is 77.7 Å². The zero-order valence-electron chi connectivity index (χ0n) is 21.3. The molecule has 3 aromatic carbocycles. The number of pyridine rings is 1. The number of nitrogens with zero attached hydrogens (tertiary/aromatic N) is 2. The number of hydrogen-bond acceptors (Lipinski definition) is 5. The lowest BCUT2D eigenvalue weighted by Crippen LogP contribution is -2.29. The van der Waals surface area contributed by atoms with Crippen LogP contribution in [-0.4, -0.2) is 17.2 Å². The van der Waals surface area contributed by atoms with E-state index >= 15 is 0 Å². The summed E-state index contributed by atoms with van der Waals surface area (Å²) >= 11 is 9.12. The van der Waals surface area contributed by atoms with Crippen molar-refractivity contribution in [3.8, 4) is 28.6 Å². The van der Waals surface area contributed by atoms with Gasteiger partial charge in [0.2, 0.25) is 0 Å². The molecule has 0 unspecified atom stereocenters. The van der Waals surface area contributed by atoms with Crippen LogP contribution in [-0.2, 0) is 0 Å². The Balaban J connectivity index is 1.33. The number of thiocarbonyl (C=S) groups is 1. The van der Waals surface area contributed by atoms with Crippen LogP contribution in [0.2, 0.25) is 0 Å². The Labute approximate surface area is 244 Å². The van der Waals surface area contributed by atoms with Gasteiger partial charge in [0.1, 0.15) is 40.6 Å². The first-order valence-corrected chi connectivity index (χ1v) is 13.7. The number of rotatable bonds is 7. The molecule has 2 aromatic heterocycles. The molecule has 1 saturated heterocycles. The van der Waals surface area contributed by atoms with Crippen molar-refractivity contribution in [2.24, 2.45) is 0 Å². The highest BCUT2D eigenvalue weighted by Crippen LogP contribution is 2.43. The molecule has 0 amide bonds. The molecular formula is C31H23BrFN3O3S. The number of benzene rings is 3. The van der Waals surface area contributed by atoms with Crippen LogP contribution >= 0.6 is 28.1 Å². The van der Waals surface area contributed by atoms with E-state index in [0.29, 0.717) is 38.2 Å². The summed E-state index contributed by atoms with van der Waals surface area (Å²) in [6, 6.07) is 28.7. The highest BCUT2D eigenvalue weighted by molar-refractivity contribution is 9.10. The molecule has 3 heterocycles. The fourth-order valence-corrected chi connectivity index (χ4v) is 5.40. The maximum absolute atomic E-state index is 14.7. The van der Waals surface area contributed by atoms with Gasteiger partial charge in [-0.3, -0.25) is 4.98 Å². The third kappa shape index (κ3) is 5.17. The molecule has 40 heavy (non-hydrogen) atoms. The van der Waals surface area contributed by atoms with E-state index in [1.54, 1.807) is 31.5 Å². The second-order valence-corrected chi connectivity index (χ2v) is 10.4. The summed E-state index contributed by atoms with van der Waals surface area (Å²) in [5.74, 6) is 2.81. The molecule has 2 atom stereocenters. The van der Waals surface area contributed by atoms with Crippen molar-refractivity contribution in [2.75, 3.05) is 12.0 Å². The molecule has 1 aliphatic rings. The molecule has 0 spiro atoms. The van der Waals surface area contributed by atoms with E-state index in [2.05, 4.69) is 26.2 Å². The summed E-state index contributed by atoms with van der Waals surface area (Å²) in [4.78, 5) is 6.57. The molecule has 6 nitrogen and oxygen atoms in total. The second-order valence-electron chi connectivity index (χ2n) is 9.09. The number of halogens is 2. The van der Waals surface area contributed by atoms with Crippen molar-refractivity contribution in [3.05, 3.63) is 125 Å². The third-order valence-corrected chi connectivity index (χ3v) is 7.43. The van der Waals surface area contributed by atoms with Gasteiger partial charge in [-0.25, -0.2) is 4.39 Å². The van der Waals surface area contributed by atoms with E-state index in [9.17, 15) is 4.39 Å². The van der Waals surface area contributed by atoms with Gasteiger partial charge in [0.25, 0.3) is 0 Å². The summed E-state index contributed by atoms with van der Waals surface area (Å²) in [5.41, 5.74) is 2.03. The average molecular weight is 617 g/mol. The molecule has 1 N–H and O–H groups in total. The lowest BCUT2D eigenvalue weighted by Gasteiger charge is -2.26. The standard InChI is InChI=1S/C31H23BrFN3O3S/c1-37-21-10-12-23(13-11-21)38-22-8-6-20(7-9-22)36-30(29(35-31(36)40)26-4-2-3-17-34-26)28-16-15-27(39-28)24-14-5-19(32)18-25(24)33/h2-18,29-30H,1H3,(H,35,40)/t29-,30-/m1/s1. The predicted octanol–water partition coefficient (Wildman–Crippen LogP) is 8.22. The predicted molar refractivity (Wildman–Crippen MR) is 159 cm³/mol. The number of ether oxygens (including phenoxy) is 2. The van der Waals surface area contributed by atoms with Crippen LogP contribution in [0.5, 0.6) is 17.2 Å². The smallest absolute Gasteiger partial charge is 0.174 e. The molecular weight excluding hydrogens is 593 g/mol. The zero-order valence-corrected chi connectivity index (χ0v) is 23.7. The van der Waals surface area contributed by atoms with E-state index in [4.69, 9.17) is 26.1 Å². The molecule has 0 bridgehead atoms. The first kappa shape index (κ1) is 26.0. The van der Waals surface area contributed by atoms with Crippen LogP contribution in [0.15, 0.2) is 112 Å². The number of methoxy groups -OCH3 is 1. The van der Waals surface area contributed by atoms with Crippen LogP contribution in [0.1, 0.15) is 23.5 Å². The van der Waals surface area contributed by atoms with Crippen molar-refractivity contribution in [1.29, 1.82) is 0 Å². The topological polar surface area (TPSA) is 59.8 Å². The Bertz CT molecular complexity index is 1650. The highest BCUT2D eigenvalue weighted by Gasteiger charge is 2.42. The zero-order chi connectivity index (χ0) is 27.6. The van der Waals surface area contributed by atoms with Crippen molar-refractivity contribution < 1.29 is 18.3 Å². The fourth-order valence-electron chi connectivity index (χ4n) is 4.72. The molecule has 6 rings (SSSR count). The van der Waals surface area contributed by atoms with Gasteiger partial charge in [-0.15, -0.1) is 0 Å². The van der Waals surface area contributed by atoms with Gasteiger partial charge in [-0.1, -0.05) is 22.0 Å². The summed E-state index contributed by atoms with van der Waals surface area (Å²) < 4.78 is 32.9. The monoisotopic (exact) mass is 615 g/mol. The molecule has 0 saturated carbocycles. The van der Waals surface area contributed by atoms with Crippen molar-refractivity contribution in [1.82, 2.24) is 10.3 Å². The number of furan rings is 1. The van der Waals surface area contributed by atoms with Crippen molar-refractivity contribution >= 4 is 38.9 Å². The number of anilines is 1. The molecule has 9 heteroatoms. The second kappa shape index (κ2) is 11.1. The van der Waals surface area contributed by atoms with Crippen molar-refractivity contribution in [3.63, 3.8) is 0 Å². The molecule has 1 aliphatic heterocycles. The average Bonchev–Trinajstić information content (AvgIpc) is 3.59. The van der Waals surface area contributed by atoms with Gasteiger partial charge in [0.15, 0.2) is 5.11 Å². The van der Waals surface area contributed by atoms with E-state index in [1.165, 1.54) is 6.07 Å². The van der Waals surface area contributed by atoms with Crippen LogP contribution in [0, 0.1) is 5.82 Å². The summed E-state index contributed by atoms with van der Waals surface area (Å²) in [6.07, 6.45) is 1.75. The molecule has 1 fully saturated rings. The van der Waals surface area contributed by atoms with Gasteiger partial charge in [-0.2, -0.15) is 0 Å². The Kier molecular flexibility index (Phi) is 7.23. The normalized spacial score (nSPS) is 16.6. The largest absolute Gasteiger partial charge is 0.497 e. The Morgan fingerprint density at radius 1 is 0.925 bits per heavy atom. The summed E-state index contributed by atoms with van der Waals surface area (Å²) in [7, 11) is 1.63. The van der Waals surface area contributed by atoms with E-state index in [0.717, 1.165) is 17.1 Å². The van der Waals surface area contributed by atoms with Gasteiger partial charge in [0, 0.05) is 16.4 Å². The highest BCUT2D eigenvalue weighted by atomic mass is 79.9. The third-order valence-electron chi connectivity index (χ3n) is 6.62. The van der Waals surface area contributed by atoms with Crippen LogP contribution < -0.4 is 19.7 Å². The summed E-state index contributed by atoms with van der Waals surface area (Å²) in [6.45, 7) is 0. The molecule has 0 radical (unpaired) electrons. The Hall–Kier alpha value is -4.21. The molecule has 200 valence electrons. The van der Waals surface area contributed by atoms with E-state index < -0.39 is 0 Å². The lowest BCUT2D eigenvalue weighted by atomic mass is 10.0. The molecule has 5 aromatic rings. The SMILES string of the molecule is COc1ccc(Oc2ccc(N3C(=S)N[C@H](c4ccccn4)[C@H]3c3ccc(-c4ccc(Br)cc4F)o3)cc2)cc1. The minimum Gasteiger partial charge on any atom is -0.497 e. The van der Waals surface area contributed by atoms with Crippen LogP contribution in [0.25, 0.3) is 11.3 Å². The number of nitrogens with one attached hydrogen (secondary N) is 1. The first-order chi connectivity index (χ1) is 19.5. The first-order valence-electron chi connectivity index (χ1n) is 12.5. The number of hydrogen-bond donors (Lipinski definition) is 1. The minimum absolute atomic E-state index is 0.294. The maximum atomic E-state index is 14.7.